The molecule has 2 bridgehead atoms. The summed E-state index contributed by atoms with van der Waals surface area (Å²) < 4.78 is 1.68. The third kappa shape index (κ3) is 2.99. The lowest BCUT2D eigenvalue weighted by Gasteiger charge is -2.40. The van der Waals surface area contributed by atoms with E-state index < -0.39 is 0 Å². The van der Waals surface area contributed by atoms with E-state index in [1.54, 1.807) is 17.1 Å². The van der Waals surface area contributed by atoms with Crippen LogP contribution in [0.2, 0.25) is 0 Å². The SMILES string of the molecule is CN(C(=O)Nc1cnn(-c2cnn(C)c2)n1)C1CC2CCC(C1)N2C. The van der Waals surface area contributed by atoms with Gasteiger partial charge in [0.1, 0.15) is 5.69 Å². The Kier molecular flexibility index (Phi) is 3.95. The highest BCUT2D eigenvalue weighted by Gasteiger charge is 2.40. The molecule has 4 heterocycles. The number of carbonyl (C=O) groups excluding carboxylic acids is 1. The number of urea groups is 1. The largest absolute Gasteiger partial charge is 0.324 e. The Morgan fingerprint density at radius 3 is 2.56 bits per heavy atom. The van der Waals surface area contributed by atoms with Crippen molar-refractivity contribution in [1.29, 1.82) is 0 Å². The number of nitrogens with one attached hydrogen (secondary N) is 1. The van der Waals surface area contributed by atoms with Crippen molar-refractivity contribution in [2.24, 2.45) is 7.05 Å². The summed E-state index contributed by atoms with van der Waals surface area (Å²) in [6, 6.07) is 1.35. The van der Waals surface area contributed by atoms with E-state index in [9.17, 15) is 4.79 Å². The number of carbonyl (C=O) groups is 1. The summed E-state index contributed by atoms with van der Waals surface area (Å²) >= 11 is 0. The van der Waals surface area contributed by atoms with Crippen molar-refractivity contribution in [2.75, 3.05) is 19.4 Å². The fraction of sp³-hybridized carbons (Fsp3) is 0.625. The predicted molar refractivity (Wildman–Crippen MR) is 92.5 cm³/mol. The first kappa shape index (κ1) is 16.1. The highest BCUT2D eigenvalue weighted by atomic mass is 16.2. The van der Waals surface area contributed by atoms with Crippen LogP contribution in [-0.2, 0) is 7.05 Å². The van der Waals surface area contributed by atoms with E-state index >= 15 is 0 Å². The average molecular weight is 344 g/mol. The van der Waals surface area contributed by atoms with E-state index in [1.807, 2.05) is 25.2 Å². The minimum atomic E-state index is -0.132. The molecular formula is C16H24N8O. The summed E-state index contributed by atoms with van der Waals surface area (Å²) in [6.07, 6.45) is 9.60. The van der Waals surface area contributed by atoms with Crippen LogP contribution >= 0.6 is 0 Å². The van der Waals surface area contributed by atoms with Gasteiger partial charge in [-0.3, -0.25) is 10.00 Å². The van der Waals surface area contributed by atoms with Gasteiger partial charge in [0, 0.05) is 32.2 Å². The summed E-state index contributed by atoms with van der Waals surface area (Å²) in [4.78, 5) is 18.3. The number of piperidine rings is 1. The van der Waals surface area contributed by atoms with Gasteiger partial charge < -0.3 is 9.80 Å². The molecule has 2 fully saturated rings. The van der Waals surface area contributed by atoms with Crippen LogP contribution in [0.5, 0.6) is 0 Å². The monoisotopic (exact) mass is 344 g/mol. The summed E-state index contributed by atoms with van der Waals surface area (Å²) in [5, 5.41) is 15.4. The molecule has 2 aromatic rings. The Labute approximate surface area is 146 Å². The first-order chi connectivity index (χ1) is 12.0. The molecule has 134 valence electrons. The van der Waals surface area contributed by atoms with Crippen molar-refractivity contribution in [2.45, 2.75) is 43.8 Å². The van der Waals surface area contributed by atoms with Crippen LogP contribution in [0.15, 0.2) is 18.6 Å². The summed E-state index contributed by atoms with van der Waals surface area (Å²) in [6.45, 7) is 0. The van der Waals surface area contributed by atoms with E-state index in [0.29, 0.717) is 17.9 Å². The lowest BCUT2D eigenvalue weighted by Crippen LogP contribution is -2.50. The number of nitrogens with zero attached hydrogens (tertiary/aromatic N) is 7. The van der Waals surface area contributed by atoms with Gasteiger partial charge in [0.15, 0.2) is 5.82 Å². The van der Waals surface area contributed by atoms with Crippen LogP contribution in [0.4, 0.5) is 10.6 Å². The van der Waals surface area contributed by atoms with E-state index in [4.69, 9.17) is 0 Å². The molecule has 0 spiro atoms. The maximum Gasteiger partial charge on any atom is 0.323 e. The fourth-order valence-electron chi connectivity index (χ4n) is 4.02. The fourth-order valence-corrected chi connectivity index (χ4v) is 4.02. The summed E-state index contributed by atoms with van der Waals surface area (Å²) in [7, 11) is 5.91. The molecule has 1 N–H and O–H groups in total. The molecule has 2 aliphatic rings. The number of amides is 2. The number of aryl methyl sites for hydroxylation is 1. The molecular weight excluding hydrogens is 320 g/mol. The van der Waals surface area contributed by atoms with E-state index in [1.165, 1.54) is 17.6 Å². The van der Waals surface area contributed by atoms with E-state index in [-0.39, 0.29) is 12.1 Å². The van der Waals surface area contributed by atoms with Crippen LogP contribution in [0.3, 0.4) is 0 Å². The number of hydrogen-bond donors (Lipinski definition) is 1. The molecule has 0 aliphatic carbocycles. The van der Waals surface area contributed by atoms with Gasteiger partial charge in [0.25, 0.3) is 0 Å². The molecule has 2 aliphatic heterocycles. The van der Waals surface area contributed by atoms with E-state index in [2.05, 4.69) is 32.6 Å². The van der Waals surface area contributed by atoms with Gasteiger partial charge in [-0.2, -0.15) is 10.2 Å². The highest BCUT2D eigenvalue weighted by molar-refractivity contribution is 5.88. The Hall–Kier alpha value is -2.42. The zero-order valence-electron chi connectivity index (χ0n) is 14.8. The average Bonchev–Trinajstić information content (AvgIpc) is 3.26. The third-order valence-electron chi connectivity index (χ3n) is 5.59. The van der Waals surface area contributed by atoms with Crippen LogP contribution in [0.25, 0.3) is 5.69 Å². The maximum atomic E-state index is 12.6. The van der Waals surface area contributed by atoms with Gasteiger partial charge in [-0.15, -0.1) is 9.90 Å². The molecule has 0 saturated carbocycles. The van der Waals surface area contributed by atoms with Crippen molar-refractivity contribution >= 4 is 11.8 Å². The second kappa shape index (κ2) is 6.14. The first-order valence-electron chi connectivity index (χ1n) is 8.68. The van der Waals surface area contributed by atoms with Gasteiger partial charge in [0.05, 0.1) is 18.6 Å². The Bertz CT molecular complexity index is 754. The van der Waals surface area contributed by atoms with Gasteiger partial charge in [-0.05, 0) is 32.7 Å². The number of rotatable bonds is 3. The first-order valence-corrected chi connectivity index (χ1v) is 8.68. The molecule has 4 rings (SSSR count). The molecule has 2 amide bonds. The Morgan fingerprint density at radius 1 is 1.20 bits per heavy atom. The maximum absolute atomic E-state index is 12.6. The van der Waals surface area contributed by atoms with Crippen LogP contribution in [0.1, 0.15) is 25.7 Å². The smallest absolute Gasteiger partial charge is 0.323 e. The summed E-state index contributed by atoms with van der Waals surface area (Å²) in [5.74, 6) is 0.441. The van der Waals surface area contributed by atoms with Crippen molar-refractivity contribution in [3.05, 3.63) is 18.6 Å². The number of anilines is 1. The van der Waals surface area contributed by atoms with Crippen molar-refractivity contribution in [1.82, 2.24) is 34.6 Å². The standard InChI is InChI=1S/C16H24N8O/c1-21-10-14(8-17-21)24-18-9-15(20-24)19-16(25)23(3)13-6-11-4-5-12(7-13)22(11)2/h8-13H,4-7H2,1-3H3,(H,19,20,25). The van der Waals surface area contributed by atoms with Crippen molar-refractivity contribution in [3.8, 4) is 5.69 Å². The van der Waals surface area contributed by atoms with Crippen molar-refractivity contribution in [3.63, 3.8) is 0 Å². The zero-order valence-corrected chi connectivity index (χ0v) is 14.8. The number of aromatic nitrogens is 5. The Balaban J connectivity index is 1.39. The van der Waals surface area contributed by atoms with Gasteiger partial charge in [-0.1, -0.05) is 0 Å². The van der Waals surface area contributed by atoms with Gasteiger partial charge in [0.2, 0.25) is 0 Å². The third-order valence-corrected chi connectivity index (χ3v) is 5.59. The van der Waals surface area contributed by atoms with Crippen molar-refractivity contribution < 1.29 is 4.79 Å². The van der Waals surface area contributed by atoms with Crippen LogP contribution < -0.4 is 5.32 Å². The number of fused-ring (bicyclic) bond motifs is 2. The quantitative estimate of drug-likeness (QED) is 0.901. The molecule has 9 heteroatoms. The van der Waals surface area contributed by atoms with Crippen LogP contribution in [0, 0.1) is 0 Å². The second-order valence-corrected chi connectivity index (χ2v) is 7.11. The lowest BCUT2D eigenvalue weighted by atomic mass is 9.97. The molecule has 0 aromatic carbocycles. The van der Waals surface area contributed by atoms with E-state index in [0.717, 1.165) is 18.5 Å². The topological polar surface area (TPSA) is 84.1 Å². The number of hydrogen-bond acceptors (Lipinski definition) is 5. The Morgan fingerprint density at radius 2 is 1.92 bits per heavy atom. The zero-order chi connectivity index (χ0) is 17.6. The minimum Gasteiger partial charge on any atom is -0.324 e. The molecule has 2 saturated heterocycles. The van der Waals surface area contributed by atoms with Crippen LogP contribution in [-0.4, -0.2) is 72.8 Å². The van der Waals surface area contributed by atoms with Gasteiger partial charge in [-0.25, -0.2) is 4.79 Å². The molecule has 2 unspecified atom stereocenters. The molecule has 0 radical (unpaired) electrons. The molecule has 25 heavy (non-hydrogen) atoms. The second-order valence-electron chi connectivity index (χ2n) is 7.11. The lowest BCUT2D eigenvalue weighted by molar-refractivity contribution is 0.106. The normalized spacial score (nSPS) is 26.0. The summed E-state index contributed by atoms with van der Waals surface area (Å²) in [5.41, 5.74) is 0.753. The minimum absolute atomic E-state index is 0.132. The molecule has 9 nitrogen and oxygen atoms in total. The predicted octanol–water partition coefficient (Wildman–Crippen LogP) is 1.09. The molecule has 2 atom stereocenters. The highest BCUT2D eigenvalue weighted by Crippen LogP contribution is 2.36. The van der Waals surface area contributed by atoms with Gasteiger partial charge >= 0.3 is 6.03 Å². The molecule has 2 aromatic heterocycles.